The van der Waals surface area contributed by atoms with Crippen LogP contribution >= 0.6 is 0 Å². The van der Waals surface area contributed by atoms with Gasteiger partial charge in [-0.3, -0.25) is 0 Å². The number of fused-ring (bicyclic) bond motifs is 1. The van der Waals surface area contributed by atoms with Gasteiger partial charge in [0.15, 0.2) is 11.5 Å². The van der Waals surface area contributed by atoms with Gasteiger partial charge in [-0.1, -0.05) is 27.2 Å². The highest BCUT2D eigenvalue weighted by atomic mass is 16.5. The summed E-state index contributed by atoms with van der Waals surface area (Å²) in [4.78, 5) is 0. The summed E-state index contributed by atoms with van der Waals surface area (Å²) in [6.07, 6.45) is 4.53. The summed E-state index contributed by atoms with van der Waals surface area (Å²) < 4.78 is 11.4. The van der Waals surface area contributed by atoms with Crippen molar-refractivity contribution < 1.29 is 9.47 Å². The van der Waals surface area contributed by atoms with Crippen LogP contribution in [0.4, 0.5) is 5.69 Å². The van der Waals surface area contributed by atoms with Crippen LogP contribution in [0, 0.1) is 5.92 Å². The third-order valence-electron chi connectivity index (χ3n) is 3.99. The fourth-order valence-corrected chi connectivity index (χ4v) is 2.47. The van der Waals surface area contributed by atoms with Crippen molar-refractivity contribution in [1.29, 1.82) is 0 Å². The molecule has 3 heteroatoms. The molecule has 0 bridgehead atoms. The van der Waals surface area contributed by atoms with Crippen molar-refractivity contribution in [1.82, 2.24) is 0 Å². The van der Waals surface area contributed by atoms with E-state index < -0.39 is 0 Å². The molecule has 0 fully saturated rings. The number of hydrogen-bond acceptors (Lipinski definition) is 3. The molecule has 1 heterocycles. The number of ether oxygens (including phenoxy) is 2. The van der Waals surface area contributed by atoms with E-state index in [1.54, 1.807) is 0 Å². The Hall–Kier alpha value is -1.38. The smallest absolute Gasteiger partial charge is 0.163 e. The van der Waals surface area contributed by atoms with Crippen LogP contribution < -0.4 is 14.8 Å². The van der Waals surface area contributed by atoms with Crippen molar-refractivity contribution in [3.05, 3.63) is 18.2 Å². The highest BCUT2D eigenvalue weighted by Crippen LogP contribution is 2.32. The molecule has 0 amide bonds. The van der Waals surface area contributed by atoms with Crippen LogP contribution in [0.15, 0.2) is 18.2 Å². The van der Waals surface area contributed by atoms with Crippen molar-refractivity contribution in [3.63, 3.8) is 0 Å². The van der Waals surface area contributed by atoms with Gasteiger partial charge in [-0.2, -0.15) is 0 Å². The average Bonchev–Trinajstić information content (AvgIpc) is 2.71. The standard InChI is InChI=1S/C17H27NO2/c1-4-13(3)11-14(5-2)18-15-7-8-16-17(12-15)20-10-6-9-19-16/h7-8,12-14,18H,4-6,9-11H2,1-3H3. The lowest BCUT2D eigenvalue weighted by Crippen LogP contribution is -2.21. The van der Waals surface area contributed by atoms with E-state index in [4.69, 9.17) is 9.47 Å². The second-order valence-electron chi connectivity index (χ2n) is 5.71. The molecule has 20 heavy (non-hydrogen) atoms. The highest BCUT2D eigenvalue weighted by molar-refractivity contribution is 5.55. The maximum Gasteiger partial charge on any atom is 0.163 e. The summed E-state index contributed by atoms with van der Waals surface area (Å²) in [7, 11) is 0. The van der Waals surface area contributed by atoms with Gasteiger partial charge in [0.1, 0.15) is 0 Å². The highest BCUT2D eigenvalue weighted by Gasteiger charge is 2.14. The van der Waals surface area contributed by atoms with E-state index in [1.165, 1.54) is 12.8 Å². The van der Waals surface area contributed by atoms with Crippen LogP contribution in [0.1, 0.15) is 46.5 Å². The monoisotopic (exact) mass is 277 g/mol. The molecule has 1 aliphatic heterocycles. The number of nitrogens with one attached hydrogen (secondary N) is 1. The fourth-order valence-electron chi connectivity index (χ4n) is 2.47. The van der Waals surface area contributed by atoms with Crippen molar-refractivity contribution in [2.75, 3.05) is 18.5 Å². The normalized spacial score (nSPS) is 17.1. The molecule has 112 valence electrons. The molecule has 1 aromatic rings. The zero-order valence-electron chi connectivity index (χ0n) is 12.9. The zero-order valence-corrected chi connectivity index (χ0v) is 12.9. The van der Waals surface area contributed by atoms with Gasteiger partial charge in [0.25, 0.3) is 0 Å². The van der Waals surface area contributed by atoms with Crippen LogP contribution in [0.3, 0.4) is 0 Å². The summed E-state index contributed by atoms with van der Waals surface area (Å²) in [5.41, 5.74) is 1.13. The molecule has 0 aromatic heterocycles. The molecule has 1 N–H and O–H groups in total. The van der Waals surface area contributed by atoms with E-state index in [1.807, 2.05) is 6.07 Å². The van der Waals surface area contributed by atoms with Crippen LogP contribution in [0.25, 0.3) is 0 Å². The molecule has 0 saturated carbocycles. The molecule has 3 nitrogen and oxygen atoms in total. The lowest BCUT2D eigenvalue weighted by atomic mass is 9.97. The number of anilines is 1. The third-order valence-corrected chi connectivity index (χ3v) is 3.99. The predicted molar refractivity (Wildman–Crippen MR) is 83.8 cm³/mol. The Labute approximate surface area is 122 Å². The Balaban J connectivity index is 2.03. The first kappa shape index (κ1) is 15.0. The summed E-state index contributed by atoms with van der Waals surface area (Å²) in [6.45, 7) is 8.29. The SMILES string of the molecule is CCC(C)CC(CC)Nc1ccc2c(c1)OCCCO2. The van der Waals surface area contributed by atoms with E-state index in [0.29, 0.717) is 6.04 Å². The molecular formula is C17H27NO2. The number of benzene rings is 1. The lowest BCUT2D eigenvalue weighted by molar-refractivity contribution is 0.297. The maximum absolute atomic E-state index is 5.74. The zero-order chi connectivity index (χ0) is 14.4. The van der Waals surface area contributed by atoms with Gasteiger partial charge < -0.3 is 14.8 Å². The second-order valence-corrected chi connectivity index (χ2v) is 5.71. The minimum Gasteiger partial charge on any atom is -0.490 e. The molecule has 2 atom stereocenters. The van der Waals surface area contributed by atoms with Gasteiger partial charge in [0, 0.05) is 24.2 Å². The molecule has 0 saturated heterocycles. The minimum atomic E-state index is 0.523. The molecule has 1 aromatic carbocycles. The van der Waals surface area contributed by atoms with Crippen LogP contribution in [0.5, 0.6) is 11.5 Å². The summed E-state index contributed by atoms with van der Waals surface area (Å²) >= 11 is 0. The van der Waals surface area contributed by atoms with Crippen LogP contribution in [-0.4, -0.2) is 19.3 Å². The van der Waals surface area contributed by atoms with Gasteiger partial charge in [0.05, 0.1) is 13.2 Å². The predicted octanol–water partition coefficient (Wildman–Crippen LogP) is 4.47. The summed E-state index contributed by atoms with van der Waals surface area (Å²) in [5.74, 6) is 2.49. The largest absolute Gasteiger partial charge is 0.490 e. The Bertz CT molecular complexity index is 419. The van der Waals surface area contributed by atoms with E-state index in [0.717, 1.165) is 49.2 Å². The Morgan fingerprint density at radius 1 is 1.10 bits per heavy atom. The molecule has 0 radical (unpaired) electrons. The lowest BCUT2D eigenvalue weighted by Gasteiger charge is -2.22. The van der Waals surface area contributed by atoms with Gasteiger partial charge in [-0.25, -0.2) is 0 Å². The maximum atomic E-state index is 5.74. The van der Waals surface area contributed by atoms with Gasteiger partial charge in [-0.15, -0.1) is 0 Å². The van der Waals surface area contributed by atoms with Gasteiger partial charge in [0.2, 0.25) is 0 Å². The molecule has 0 aliphatic carbocycles. The minimum absolute atomic E-state index is 0.523. The third kappa shape index (κ3) is 4.06. The van der Waals surface area contributed by atoms with E-state index in [9.17, 15) is 0 Å². The van der Waals surface area contributed by atoms with Crippen molar-refractivity contribution in [2.45, 2.75) is 52.5 Å². The average molecular weight is 277 g/mol. The topological polar surface area (TPSA) is 30.5 Å². The van der Waals surface area contributed by atoms with E-state index >= 15 is 0 Å². The van der Waals surface area contributed by atoms with Crippen molar-refractivity contribution >= 4 is 5.69 Å². The molecule has 2 rings (SSSR count). The molecular weight excluding hydrogens is 250 g/mol. The quantitative estimate of drug-likeness (QED) is 0.832. The first-order valence-electron chi connectivity index (χ1n) is 7.89. The van der Waals surface area contributed by atoms with E-state index in [2.05, 4.69) is 38.2 Å². The van der Waals surface area contributed by atoms with Crippen molar-refractivity contribution in [2.24, 2.45) is 5.92 Å². The number of hydrogen-bond donors (Lipinski definition) is 1. The Kier molecular flexibility index (Phi) is 5.57. The molecule has 0 spiro atoms. The molecule has 2 unspecified atom stereocenters. The first-order chi connectivity index (χ1) is 9.72. The van der Waals surface area contributed by atoms with Crippen molar-refractivity contribution in [3.8, 4) is 11.5 Å². The Morgan fingerprint density at radius 2 is 1.85 bits per heavy atom. The van der Waals surface area contributed by atoms with E-state index in [-0.39, 0.29) is 0 Å². The summed E-state index contributed by atoms with van der Waals surface area (Å²) in [6, 6.07) is 6.70. The first-order valence-corrected chi connectivity index (χ1v) is 7.89. The van der Waals surface area contributed by atoms with Gasteiger partial charge in [-0.05, 0) is 30.9 Å². The fraction of sp³-hybridized carbons (Fsp3) is 0.647. The van der Waals surface area contributed by atoms with Crippen LogP contribution in [-0.2, 0) is 0 Å². The Morgan fingerprint density at radius 3 is 2.55 bits per heavy atom. The van der Waals surface area contributed by atoms with Gasteiger partial charge >= 0.3 is 0 Å². The van der Waals surface area contributed by atoms with Crippen LogP contribution in [0.2, 0.25) is 0 Å². The number of rotatable bonds is 6. The summed E-state index contributed by atoms with van der Waals surface area (Å²) in [5, 5.41) is 3.63. The second kappa shape index (κ2) is 7.41. The molecule has 1 aliphatic rings.